The summed E-state index contributed by atoms with van der Waals surface area (Å²) in [5.41, 5.74) is 3.53. The van der Waals surface area contributed by atoms with E-state index in [1.165, 1.54) is 35.4 Å². The third-order valence-electron chi connectivity index (χ3n) is 4.41. The smallest absolute Gasteiger partial charge is 0.261 e. The predicted octanol–water partition coefficient (Wildman–Crippen LogP) is 4.87. The Kier molecular flexibility index (Phi) is 6.57. The van der Waals surface area contributed by atoms with Crippen molar-refractivity contribution < 1.29 is 13.9 Å². The van der Waals surface area contributed by atoms with Crippen LogP contribution in [0.4, 0.5) is 4.39 Å². The van der Waals surface area contributed by atoms with Crippen LogP contribution in [-0.4, -0.2) is 12.0 Å². The van der Waals surface area contributed by atoms with Gasteiger partial charge in [-0.15, -0.1) is 0 Å². The number of hydrogen-bond donors (Lipinski definition) is 1. The van der Waals surface area contributed by atoms with Crippen LogP contribution in [-0.2, 0) is 4.79 Å². The Hall–Kier alpha value is -2.36. The summed E-state index contributed by atoms with van der Waals surface area (Å²) in [5, 5.41) is 3.07. The van der Waals surface area contributed by atoms with Gasteiger partial charge in [-0.1, -0.05) is 32.0 Å². The molecule has 0 radical (unpaired) electrons. The van der Waals surface area contributed by atoms with Crippen molar-refractivity contribution in [2.75, 3.05) is 0 Å². The highest BCUT2D eigenvalue weighted by molar-refractivity contribution is 5.81. The van der Waals surface area contributed by atoms with E-state index in [4.69, 9.17) is 4.74 Å². The summed E-state index contributed by atoms with van der Waals surface area (Å²) in [5.74, 6) is 0.00479. The zero-order chi connectivity index (χ0) is 18.4. The van der Waals surface area contributed by atoms with Crippen molar-refractivity contribution in [2.24, 2.45) is 0 Å². The van der Waals surface area contributed by atoms with Gasteiger partial charge in [-0.2, -0.15) is 0 Å². The molecule has 2 atom stereocenters. The minimum Gasteiger partial charge on any atom is -0.481 e. The van der Waals surface area contributed by atoms with Gasteiger partial charge in [0.1, 0.15) is 11.6 Å². The van der Waals surface area contributed by atoms with E-state index in [0.29, 0.717) is 12.2 Å². The van der Waals surface area contributed by atoms with E-state index in [0.717, 1.165) is 12.0 Å². The molecule has 0 saturated carbocycles. The molecular weight excluding hydrogens is 317 g/mol. The molecule has 2 rings (SSSR count). The van der Waals surface area contributed by atoms with Gasteiger partial charge in [0.2, 0.25) is 0 Å². The lowest BCUT2D eigenvalue weighted by Crippen LogP contribution is -2.40. The van der Waals surface area contributed by atoms with Crippen LogP contribution < -0.4 is 10.1 Å². The minimum atomic E-state index is -0.606. The Morgan fingerprint density at radius 1 is 1.04 bits per heavy atom. The third-order valence-corrected chi connectivity index (χ3v) is 4.41. The zero-order valence-corrected chi connectivity index (χ0v) is 15.3. The number of rotatable bonds is 7. The molecule has 0 unspecified atom stereocenters. The van der Waals surface area contributed by atoms with Crippen molar-refractivity contribution >= 4 is 5.91 Å². The molecule has 0 aliphatic rings. The van der Waals surface area contributed by atoms with Crippen LogP contribution in [0.5, 0.6) is 5.75 Å². The first-order chi connectivity index (χ1) is 11.9. The molecule has 1 N–H and O–H groups in total. The summed E-state index contributed by atoms with van der Waals surface area (Å²) >= 11 is 0. The highest BCUT2D eigenvalue weighted by atomic mass is 19.1. The lowest BCUT2D eigenvalue weighted by molar-refractivity contribution is -0.128. The zero-order valence-electron chi connectivity index (χ0n) is 15.3. The largest absolute Gasteiger partial charge is 0.481 e. The van der Waals surface area contributed by atoms with Crippen LogP contribution in [0.15, 0.2) is 42.5 Å². The van der Waals surface area contributed by atoms with Gasteiger partial charge in [-0.05, 0) is 67.6 Å². The Bertz CT molecular complexity index is 712. The Balaban J connectivity index is 2.08. The summed E-state index contributed by atoms with van der Waals surface area (Å²) in [4.78, 5) is 12.6. The number of carbonyl (C=O) groups is 1. The lowest BCUT2D eigenvalue weighted by atomic mass is 9.99. The molecule has 0 aromatic heterocycles. The van der Waals surface area contributed by atoms with E-state index in [1.54, 1.807) is 0 Å². The van der Waals surface area contributed by atoms with Gasteiger partial charge >= 0.3 is 0 Å². The van der Waals surface area contributed by atoms with Crippen LogP contribution in [0, 0.1) is 19.7 Å². The molecule has 0 fully saturated rings. The number of aryl methyl sites for hydroxylation is 2. The highest BCUT2D eigenvalue weighted by Gasteiger charge is 2.22. The van der Waals surface area contributed by atoms with Gasteiger partial charge in [0.25, 0.3) is 5.91 Å². The first kappa shape index (κ1) is 19.0. The van der Waals surface area contributed by atoms with Crippen LogP contribution in [0.25, 0.3) is 0 Å². The molecule has 0 aliphatic heterocycles. The number of nitrogens with one attached hydrogen (secondary N) is 1. The normalized spacial score (nSPS) is 13.2. The monoisotopic (exact) mass is 343 g/mol. The molecule has 3 nitrogen and oxygen atoms in total. The van der Waals surface area contributed by atoms with Gasteiger partial charge in [-0.3, -0.25) is 4.79 Å². The molecule has 2 aromatic carbocycles. The van der Waals surface area contributed by atoms with E-state index in [1.807, 2.05) is 13.8 Å². The summed E-state index contributed by atoms with van der Waals surface area (Å²) in [6, 6.07) is 11.9. The van der Waals surface area contributed by atoms with Gasteiger partial charge in [0.05, 0.1) is 6.04 Å². The standard InChI is InChI=1S/C21H26FNO2/c1-5-19(16-8-7-14(3)15(4)13-16)23-21(24)20(6-2)25-18-11-9-17(22)10-12-18/h7-13,19-20H,5-6H2,1-4H3,(H,23,24)/t19-,20+/m1/s1. The van der Waals surface area contributed by atoms with Crippen LogP contribution in [0.1, 0.15) is 49.4 Å². The maximum absolute atomic E-state index is 13.0. The van der Waals surface area contributed by atoms with E-state index in [9.17, 15) is 9.18 Å². The van der Waals surface area contributed by atoms with Gasteiger partial charge in [0, 0.05) is 0 Å². The van der Waals surface area contributed by atoms with E-state index in [-0.39, 0.29) is 17.8 Å². The van der Waals surface area contributed by atoms with Crippen LogP contribution in [0.2, 0.25) is 0 Å². The first-order valence-corrected chi connectivity index (χ1v) is 8.74. The summed E-state index contributed by atoms with van der Waals surface area (Å²) in [6.45, 7) is 8.08. The number of hydrogen-bond acceptors (Lipinski definition) is 2. The summed E-state index contributed by atoms with van der Waals surface area (Å²) < 4.78 is 18.7. The Labute approximate surface area is 149 Å². The second-order valence-electron chi connectivity index (χ2n) is 6.28. The second kappa shape index (κ2) is 8.65. The molecule has 0 aliphatic carbocycles. The van der Waals surface area contributed by atoms with Crippen molar-refractivity contribution in [1.82, 2.24) is 5.32 Å². The highest BCUT2D eigenvalue weighted by Crippen LogP contribution is 2.21. The number of ether oxygens (including phenoxy) is 1. The fraction of sp³-hybridized carbons (Fsp3) is 0.381. The number of benzene rings is 2. The van der Waals surface area contributed by atoms with Crippen molar-refractivity contribution in [1.29, 1.82) is 0 Å². The van der Waals surface area contributed by atoms with Crippen molar-refractivity contribution in [3.05, 3.63) is 65.0 Å². The van der Waals surface area contributed by atoms with Gasteiger partial charge in [0.15, 0.2) is 6.10 Å². The molecule has 25 heavy (non-hydrogen) atoms. The maximum Gasteiger partial charge on any atom is 0.261 e. The summed E-state index contributed by atoms with van der Waals surface area (Å²) in [6.07, 6.45) is 0.722. The van der Waals surface area contributed by atoms with Crippen LogP contribution >= 0.6 is 0 Å². The van der Waals surface area contributed by atoms with Crippen molar-refractivity contribution in [2.45, 2.75) is 52.7 Å². The first-order valence-electron chi connectivity index (χ1n) is 8.74. The summed E-state index contributed by atoms with van der Waals surface area (Å²) in [7, 11) is 0. The second-order valence-corrected chi connectivity index (χ2v) is 6.28. The molecule has 0 heterocycles. The number of carbonyl (C=O) groups excluding carboxylic acids is 1. The molecule has 0 spiro atoms. The molecular formula is C21H26FNO2. The fourth-order valence-electron chi connectivity index (χ4n) is 2.67. The molecule has 1 amide bonds. The van der Waals surface area contributed by atoms with Gasteiger partial charge < -0.3 is 10.1 Å². The molecule has 0 bridgehead atoms. The Morgan fingerprint density at radius 3 is 2.28 bits per heavy atom. The maximum atomic E-state index is 13.0. The molecule has 0 saturated heterocycles. The molecule has 134 valence electrons. The molecule has 4 heteroatoms. The predicted molar refractivity (Wildman–Crippen MR) is 98.2 cm³/mol. The fourth-order valence-corrected chi connectivity index (χ4v) is 2.67. The third kappa shape index (κ3) is 5.05. The Morgan fingerprint density at radius 2 is 1.72 bits per heavy atom. The topological polar surface area (TPSA) is 38.3 Å². The quantitative estimate of drug-likeness (QED) is 0.779. The van der Waals surface area contributed by atoms with Crippen molar-refractivity contribution in [3.8, 4) is 5.75 Å². The minimum absolute atomic E-state index is 0.0577. The lowest BCUT2D eigenvalue weighted by Gasteiger charge is -2.23. The van der Waals surface area contributed by atoms with Gasteiger partial charge in [-0.25, -0.2) is 4.39 Å². The number of halogens is 1. The van der Waals surface area contributed by atoms with Crippen molar-refractivity contribution in [3.63, 3.8) is 0 Å². The van der Waals surface area contributed by atoms with E-state index >= 15 is 0 Å². The van der Waals surface area contributed by atoms with E-state index in [2.05, 4.69) is 37.4 Å². The SMILES string of the molecule is CC[C@H](Oc1ccc(F)cc1)C(=O)N[C@H](CC)c1ccc(C)c(C)c1. The average molecular weight is 343 g/mol. The average Bonchev–Trinajstić information content (AvgIpc) is 2.61. The number of amides is 1. The van der Waals surface area contributed by atoms with Crippen LogP contribution in [0.3, 0.4) is 0 Å². The molecule has 2 aromatic rings. The van der Waals surface area contributed by atoms with E-state index < -0.39 is 6.10 Å².